The first-order valence-electron chi connectivity index (χ1n) is 4.82. The molecule has 1 rings (SSSR count). The molecule has 0 amide bonds. The molecule has 1 aromatic heterocycles. The number of halogens is 3. The molecular weight excluding hydrogens is 221 g/mol. The molecule has 2 N–H and O–H groups in total. The Hall–Kier alpha value is -1.30. The lowest BCUT2D eigenvalue weighted by Crippen LogP contribution is -2.30. The zero-order valence-electron chi connectivity index (χ0n) is 8.75. The van der Waals surface area contributed by atoms with Crippen LogP contribution in [0.15, 0.2) is 18.2 Å². The minimum atomic E-state index is -4.55. The molecule has 3 nitrogen and oxygen atoms in total. The van der Waals surface area contributed by atoms with Gasteiger partial charge >= 0.3 is 6.18 Å². The van der Waals surface area contributed by atoms with Gasteiger partial charge in [-0.3, -0.25) is 0 Å². The fraction of sp³-hybridized carbons (Fsp3) is 0.500. The zero-order chi connectivity index (χ0) is 12.2. The van der Waals surface area contributed by atoms with Crippen LogP contribution < -0.4 is 5.32 Å². The summed E-state index contributed by atoms with van der Waals surface area (Å²) in [6, 6.07) is 5.20. The molecule has 0 aliphatic carbocycles. The van der Waals surface area contributed by atoms with E-state index in [1.807, 2.05) is 0 Å². The van der Waals surface area contributed by atoms with Crippen LogP contribution in [0, 0.1) is 6.92 Å². The first-order chi connectivity index (χ1) is 7.39. The number of rotatable bonds is 4. The largest absolute Gasteiger partial charge is 0.414 e. The highest BCUT2D eigenvalue weighted by Gasteiger charge is 2.37. The summed E-state index contributed by atoms with van der Waals surface area (Å²) in [5, 5.41) is 11.5. The third kappa shape index (κ3) is 4.06. The van der Waals surface area contributed by atoms with E-state index >= 15 is 0 Å². The Morgan fingerprint density at radius 1 is 1.44 bits per heavy atom. The molecule has 0 unspecified atom stereocenters. The molecule has 0 saturated carbocycles. The smallest absolute Gasteiger partial charge is 0.384 e. The molecule has 90 valence electrons. The maximum Gasteiger partial charge on any atom is 0.414 e. The molecule has 0 aromatic carbocycles. The van der Waals surface area contributed by atoms with Gasteiger partial charge in [-0.15, -0.1) is 0 Å². The average Bonchev–Trinajstić information content (AvgIpc) is 2.16. The predicted octanol–water partition coefficient (Wildman–Crippen LogP) is 2.12. The van der Waals surface area contributed by atoms with Crippen molar-refractivity contribution < 1.29 is 18.3 Å². The third-order valence-electron chi connectivity index (χ3n) is 1.99. The highest BCUT2D eigenvalue weighted by Crippen LogP contribution is 2.22. The maximum atomic E-state index is 11.9. The minimum Gasteiger partial charge on any atom is -0.384 e. The van der Waals surface area contributed by atoms with E-state index in [4.69, 9.17) is 5.11 Å². The van der Waals surface area contributed by atoms with Crippen LogP contribution in [-0.4, -0.2) is 28.9 Å². The van der Waals surface area contributed by atoms with Gasteiger partial charge in [-0.05, 0) is 25.5 Å². The number of pyridine rings is 1. The number of aliphatic hydroxyl groups excluding tert-OH is 1. The monoisotopic (exact) mass is 234 g/mol. The van der Waals surface area contributed by atoms with E-state index in [0.717, 1.165) is 5.69 Å². The second-order valence-electron chi connectivity index (χ2n) is 3.44. The van der Waals surface area contributed by atoms with Crippen LogP contribution in [0.5, 0.6) is 0 Å². The van der Waals surface area contributed by atoms with Gasteiger partial charge in [-0.1, -0.05) is 6.07 Å². The zero-order valence-corrected chi connectivity index (χ0v) is 8.75. The number of aryl methyl sites for hydroxylation is 1. The van der Waals surface area contributed by atoms with Crippen molar-refractivity contribution in [1.29, 1.82) is 0 Å². The van der Waals surface area contributed by atoms with E-state index in [1.54, 1.807) is 25.1 Å². The number of hydrogen-bond acceptors (Lipinski definition) is 3. The van der Waals surface area contributed by atoms with Crippen molar-refractivity contribution in [2.24, 2.45) is 0 Å². The number of hydrogen-bond donors (Lipinski definition) is 2. The summed E-state index contributed by atoms with van der Waals surface area (Å²) in [7, 11) is 0. The molecule has 0 fully saturated rings. The van der Waals surface area contributed by atoms with E-state index in [1.165, 1.54) is 0 Å². The van der Waals surface area contributed by atoms with E-state index in [-0.39, 0.29) is 13.0 Å². The van der Waals surface area contributed by atoms with Crippen LogP contribution in [0.1, 0.15) is 12.1 Å². The summed E-state index contributed by atoms with van der Waals surface area (Å²) in [6.45, 7) is 1.81. The molecule has 6 heteroatoms. The quantitative estimate of drug-likeness (QED) is 0.838. The van der Waals surface area contributed by atoms with Gasteiger partial charge in [0.25, 0.3) is 0 Å². The Morgan fingerprint density at radius 3 is 2.69 bits per heavy atom. The topological polar surface area (TPSA) is 45.1 Å². The number of nitrogens with zero attached hydrogens (tertiary/aromatic N) is 1. The molecule has 0 aliphatic rings. The summed E-state index contributed by atoms with van der Waals surface area (Å²) in [6.07, 6.45) is -7.23. The molecule has 0 bridgehead atoms. The number of alkyl halides is 3. The lowest BCUT2D eigenvalue weighted by atomic mass is 10.2. The predicted molar refractivity (Wildman–Crippen MR) is 54.1 cm³/mol. The molecule has 1 heterocycles. The van der Waals surface area contributed by atoms with Crippen molar-refractivity contribution in [3.05, 3.63) is 23.9 Å². The van der Waals surface area contributed by atoms with Gasteiger partial charge in [-0.2, -0.15) is 13.2 Å². The van der Waals surface area contributed by atoms with Crippen molar-refractivity contribution in [2.75, 3.05) is 11.9 Å². The van der Waals surface area contributed by atoms with Crippen LogP contribution in [-0.2, 0) is 0 Å². The second kappa shape index (κ2) is 5.16. The van der Waals surface area contributed by atoms with E-state index in [9.17, 15) is 13.2 Å². The van der Waals surface area contributed by atoms with Crippen LogP contribution in [0.4, 0.5) is 19.0 Å². The maximum absolute atomic E-state index is 11.9. The summed E-state index contributed by atoms with van der Waals surface area (Å²) >= 11 is 0. The van der Waals surface area contributed by atoms with Gasteiger partial charge in [0.1, 0.15) is 5.82 Å². The highest BCUT2D eigenvalue weighted by atomic mass is 19.4. The lowest BCUT2D eigenvalue weighted by molar-refractivity contribution is -0.204. The fourth-order valence-electron chi connectivity index (χ4n) is 1.14. The first kappa shape index (κ1) is 12.8. The minimum absolute atomic E-state index is 0.0249. The summed E-state index contributed by atoms with van der Waals surface area (Å²) in [5.74, 6) is 0.509. The molecule has 0 saturated heterocycles. The van der Waals surface area contributed by atoms with Gasteiger partial charge in [0.05, 0.1) is 0 Å². The van der Waals surface area contributed by atoms with E-state index in [0.29, 0.717) is 5.82 Å². The fourth-order valence-corrected chi connectivity index (χ4v) is 1.14. The van der Waals surface area contributed by atoms with Gasteiger partial charge < -0.3 is 10.4 Å². The van der Waals surface area contributed by atoms with Crippen LogP contribution in [0.3, 0.4) is 0 Å². The van der Waals surface area contributed by atoms with Gasteiger partial charge in [0.2, 0.25) is 0 Å². The Labute approximate surface area is 91.3 Å². The molecule has 1 atom stereocenters. The van der Waals surface area contributed by atoms with Crippen molar-refractivity contribution >= 4 is 5.82 Å². The average molecular weight is 234 g/mol. The van der Waals surface area contributed by atoms with E-state index < -0.39 is 12.3 Å². The van der Waals surface area contributed by atoms with Gasteiger partial charge in [0.15, 0.2) is 6.10 Å². The second-order valence-corrected chi connectivity index (χ2v) is 3.44. The Balaban J connectivity index is 2.36. The summed E-state index contributed by atoms with van der Waals surface area (Å²) in [5.41, 5.74) is 0.779. The van der Waals surface area contributed by atoms with E-state index in [2.05, 4.69) is 10.3 Å². The summed E-state index contributed by atoms with van der Waals surface area (Å²) < 4.78 is 35.8. The first-order valence-corrected chi connectivity index (χ1v) is 4.82. The standard InChI is InChI=1S/C10H13F3N2O/c1-7-3-2-4-9(15-7)14-6-5-8(16)10(11,12)13/h2-4,8,16H,5-6H2,1H3,(H,14,15)/t8-/m1/s1. The Bertz CT molecular complexity index is 341. The Morgan fingerprint density at radius 2 is 2.12 bits per heavy atom. The number of nitrogens with one attached hydrogen (secondary N) is 1. The molecule has 0 radical (unpaired) electrons. The molecular formula is C10H13F3N2O. The molecule has 16 heavy (non-hydrogen) atoms. The van der Waals surface area contributed by atoms with Crippen molar-refractivity contribution in [1.82, 2.24) is 4.98 Å². The number of anilines is 1. The van der Waals surface area contributed by atoms with Crippen LogP contribution in [0.25, 0.3) is 0 Å². The third-order valence-corrected chi connectivity index (χ3v) is 1.99. The molecule has 0 spiro atoms. The normalized spacial score (nSPS) is 13.6. The summed E-state index contributed by atoms with van der Waals surface area (Å²) in [4.78, 5) is 4.06. The van der Waals surface area contributed by atoms with Crippen LogP contribution >= 0.6 is 0 Å². The van der Waals surface area contributed by atoms with Gasteiger partial charge in [0, 0.05) is 12.2 Å². The van der Waals surface area contributed by atoms with Gasteiger partial charge in [-0.25, -0.2) is 4.98 Å². The lowest BCUT2D eigenvalue weighted by Gasteiger charge is -2.14. The molecule has 1 aromatic rings. The van der Waals surface area contributed by atoms with Crippen LogP contribution in [0.2, 0.25) is 0 Å². The van der Waals surface area contributed by atoms with Crippen molar-refractivity contribution in [3.8, 4) is 0 Å². The van der Waals surface area contributed by atoms with Crippen molar-refractivity contribution in [3.63, 3.8) is 0 Å². The number of aliphatic hydroxyl groups is 1. The SMILES string of the molecule is Cc1cccc(NCC[C@@H](O)C(F)(F)F)n1. The highest BCUT2D eigenvalue weighted by molar-refractivity contribution is 5.34. The van der Waals surface area contributed by atoms with Crippen molar-refractivity contribution in [2.45, 2.75) is 25.6 Å². The Kier molecular flexibility index (Phi) is 4.12. The number of aromatic nitrogens is 1. The molecule has 0 aliphatic heterocycles.